The molecule has 2 atom stereocenters. The van der Waals surface area contributed by atoms with Gasteiger partial charge in [-0.25, -0.2) is 0 Å². The summed E-state index contributed by atoms with van der Waals surface area (Å²) in [7, 11) is 0. The zero-order chi connectivity index (χ0) is 22.1. The van der Waals surface area contributed by atoms with E-state index in [0.29, 0.717) is 12.4 Å². The number of amides is 3. The third-order valence-electron chi connectivity index (χ3n) is 4.58. The molecule has 2 rings (SSSR count). The molecular weight excluding hydrogens is 382 g/mol. The summed E-state index contributed by atoms with van der Waals surface area (Å²) in [4.78, 5) is 35.8. The Labute approximate surface area is 177 Å². The summed E-state index contributed by atoms with van der Waals surface area (Å²) >= 11 is 0. The molecule has 0 unspecified atom stereocenters. The molecule has 0 saturated carbocycles. The third-order valence-corrected chi connectivity index (χ3v) is 4.58. The molecule has 0 bridgehead atoms. The van der Waals surface area contributed by atoms with Crippen molar-refractivity contribution in [3.63, 3.8) is 0 Å². The molecule has 0 aliphatic rings. The zero-order valence-corrected chi connectivity index (χ0v) is 17.6. The van der Waals surface area contributed by atoms with Gasteiger partial charge >= 0.3 is 0 Å². The number of carbonyl (C=O) groups excluding carboxylic acids is 3. The van der Waals surface area contributed by atoms with Crippen LogP contribution >= 0.6 is 0 Å². The Morgan fingerprint density at radius 3 is 2.10 bits per heavy atom. The van der Waals surface area contributed by atoms with Gasteiger partial charge in [0.2, 0.25) is 17.7 Å². The predicted octanol–water partition coefficient (Wildman–Crippen LogP) is 1.94. The van der Waals surface area contributed by atoms with Gasteiger partial charge in [-0.05, 0) is 29.2 Å². The van der Waals surface area contributed by atoms with Crippen LogP contribution in [0, 0.1) is 5.92 Å². The SMILES string of the molecule is CC(=O)N[C@@H](C(=O)N[C@@H](Cc1ccc(OCc2ccccc2)cc1)C(N)=O)C(C)C. The van der Waals surface area contributed by atoms with Crippen LogP contribution in [0.2, 0.25) is 0 Å². The molecule has 160 valence electrons. The topological polar surface area (TPSA) is 111 Å². The maximum absolute atomic E-state index is 12.5. The monoisotopic (exact) mass is 411 g/mol. The number of hydrogen-bond acceptors (Lipinski definition) is 4. The highest BCUT2D eigenvalue weighted by Gasteiger charge is 2.27. The second-order valence-corrected chi connectivity index (χ2v) is 7.51. The summed E-state index contributed by atoms with van der Waals surface area (Å²) in [6.07, 6.45) is 0.241. The average Bonchev–Trinajstić information content (AvgIpc) is 2.71. The number of primary amides is 1. The summed E-state index contributed by atoms with van der Waals surface area (Å²) in [6, 6.07) is 15.5. The Bertz CT molecular complexity index is 851. The van der Waals surface area contributed by atoms with Gasteiger partial charge < -0.3 is 21.1 Å². The Kier molecular flexibility index (Phi) is 8.41. The average molecular weight is 412 g/mol. The van der Waals surface area contributed by atoms with E-state index in [4.69, 9.17) is 10.5 Å². The highest BCUT2D eigenvalue weighted by molar-refractivity contribution is 5.91. The number of ether oxygens (including phenoxy) is 1. The summed E-state index contributed by atoms with van der Waals surface area (Å²) in [5.74, 6) is -0.827. The van der Waals surface area contributed by atoms with Crippen LogP contribution in [0.3, 0.4) is 0 Å². The molecule has 30 heavy (non-hydrogen) atoms. The summed E-state index contributed by atoms with van der Waals surface area (Å²) in [6.45, 7) is 5.43. The Morgan fingerprint density at radius 1 is 0.933 bits per heavy atom. The molecule has 2 aromatic rings. The number of benzene rings is 2. The van der Waals surface area contributed by atoms with E-state index in [1.807, 2.05) is 68.4 Å². The van der Waals surface area contributed by atoms with Gasteiger partial charge in [0, 0.05) is 13.3 Å². The van der Waals surface area contributed by atoms with E-state index in [0.717, 1.165) is 11.1 Å². The van der Waals surface area contributed by atoms with Crippen molar-refractivity contribution in [2.45, 2.75) is 45.9 Å². The molecule has 0 fully saturated rings. The van der Waals surface area contributed by atoms with E-state index in [1.54, 1.807) is 0 Å². The first-order valence-corrected chi connectivity index (χ1v) is 9.88. The maximum atomic E-state index is 12.5. The van der Waals surface area contributed by atoms with E-state index >= 15 is 0 Å². The van der Waals surface area contributed by atoms with Gasteiger partial charge in [-0.1, -0.05) is 56.3 Å². The Morgan fingerprint density at radius 2 is 1.57 bits per heavy atom. The molecule has 0 spiro atoms. The van der Waals surface area contributed by atoms with Gasteiger partial charge in [0.05, 0.1) is 0 Å². The minimum absolute atomic E-state index is 0.136. The van der Waals surface area contributed by atoms with Crippen LogP contribution in [0.1, 0.15) is 31.9 Å². The van der Waals surface area contributed by atoms with Gasteiger partial charge in [-0.2, -0.15) is 0 Å². The van der Waals surface area contributed by atoms with Crippen molar-refractivity contribution in [2.75, 3.05) is 0 Å². The number of carbonyl (C=O) groups is 3. The number of hydrogen-bond donors (Lipinski definition) is 3. The van der Waals surface area contributed by atoms with Crippen molar-refractivity contribution in [3.8, 4) is 5.75 Å². The first kappa shape index (κ1) is 22.9. The molecule has 0 aliphatic heterocycles. The minimum atomic E-state index is -0.886. The lowest BCUT2D eigenvalue weighted by atomic mass is 10.0. The number of rotatable bonds is 10. The van der Waals surface area contributed by atoms with Gasteiger partial charge in [-0.3, -0.25) is 14.4 Å². The van der Waals surface area contributed by atoms with Crippen LogP contribution in [-0.2, 0) is 27.4 Å². The van der Waals surface area contributed by atoms with Gasteiger partial charge in [0.25, 0.3) is 0 Å². The minimum Gasteiger partial charge on any atom is -0.489 e. The van der Waals surface area contributed by atoms with Gasteiger partial charge in [0.15, 0.2) is 0 Å². The quantitative estimate of drug-likeness (QED) is 0.555. The summed E-state index contributed by atoms with van der Waals surface area (Å²) in [5, 5.41) is 5.26. The molecule has 7 nitrogen and oxygen atoms in total. The number of nitrogens with two attached hydrogens (primary N) is 1. The lowest BCUT2D eigenvalue weighted by molar-refractivity contribution is -0.131. The van der Waals surface area contributed by atoms with Gasteiger partial charge in [-0.15, -0.1) is 0 Å². The Hall–Kier alpha value is -3.35. The van der Waals surface area contributed by atoms with E-state index in [2.05, 4.69) is 10.6 Å². The van der Waals surface area contributed by atoms with E-state index in [9.17, 15) is 14.4 Å². The number of nitrogens with one attached hydrogen (secondary N) is 2. The first-order valence-electron chi connectivity index (χ1n) is 9.88. The fourth-order valence-electron chi connectivity index (χ4n) is 2.94. The predicted molar refractivity (Wildman–Crippen MR) is 114 cm³/mol. The fourth-order valence-corrected chi connectivity index (χ4v) is 2.94. The second kappa shape index (κ2) is 11.0. The van der Waals surface area contributed by atoms with Crippen molar-refractivity contribution in [2.24, 2.45) is 11.7 Å². The smallest absolute Gasteiger partial charge is 0.243 e. The lowest BCUT2D eigenvalue weighted by Gasteiger charge is -2.24. The lowest BCUT2D eigenvalue weighted by Crippen LogP contribution is -2.55. The van der Waals surface area contributed by atoms with E-state index in [1.165, 1.54) is 6.92 Å². The molecular formula is C23H29N3O4. The summed E-state index contributed by atoms with van der Waals surface area (Å²) in [5.41, 5.74) is 7.38. The third kappa shape index (κ3) is 7.24. The highest BCUT2D eigenvalue weighted by Crippen LogP contribution is 2.15. The van der Waals surface area contributed by atoms with E-state index in [-0.39, 0.29) is 18.2 Å². The van der Waals surface area contributed by atoms with E-state index < -0.39 is 23.9 Å². The molecule has 0 aromatic heterocycles. The summed E-state index contributed by atoms with van der Waals surface area (Å²) < 4.78 is 5.76. The van der Waals surface area contributed by atoms with Crippen molar-refractivity contribution in [1.82, 2.24) is 10.6 Å². The van der Waals surface area contributed by atoms with Crippen LogP contribution in [0.25, 0.3) is 0 Å². The first-order chi connectivity index (χ1) is 14.3. The zero-order valence-electron chi connectivity index (χ0n) is 17.6. The molecule has 4 N–H and O–H groups in total. The fraction of sp³-hybridized carbons (Fsp3) is 0.348. The van der Waals surface area contributed by atoms with Crippen LogP contribution in [0.5, 0.6) is 5.75 Å². The van der Waals surface area contributed by atoms with Crippen LogP contribution in [-0.4, -0.2) is 29.8 Å². The second-order valence-electron chi connectivity index (χ2n) is 7.51. The van der Waals surface area contributed by atoms with Crippen molar-refractivity contribution < 1.29 is 19.1 Å². The van der Waals surface area contributed by atoms with Crippen LogP contribution in [0.4, 0.5) is 0 Å². The molecule has 0 heterocycles. The molecule has 3 amide bonds. The maximum Gasteiger partial charge on any atom is 0.243 e. The molecule has 0 saturated heterocycles. The van der Waals surface area contributed by atoms with Crippen molar-refractivity contribution in [3.05, 3.63) is 65.7 Å². The van der Waals surface area contributed by atoms with Crippen LogP contribution < -0.4 is 21.1 Å². The highest BCUT2D eigenvalue weighted by atomic mass is 16.5. The molecule has 0 aliphatic carbocycles. The largest absolute Gasteiger partial charge is 0.489 e. The van der Waals surface area contributed by atoms with Crippen molar-refractivity contribution in [1.29, 1.82) is 0 Å². The van der Waals surface area contributed by atoms with Crippen molar-refractivity contribution >= 4 is 17.7 Å². The molecule has 0 radical (unpaired) electrons. The van der Waals surface area contributed by atoms with Gasteiger partial charge in [0.1, 0.15) is 24.4 Å². The standard InChI is InChI=1S/C23H29N3O4/c1-15(2)21(25-16(3)27)23(29)26-20(22(24)28)13-17-9-11-19(12-10-17)30-14-18-7-5-4-6-8-18/h4-12,15,20-21H,13-14H2,1-3H3,(H2,24,28)(H,25,27)(H,26,29)/t20-,21+/m0/s1. The Balaban J connectivity index is 1.98. The normalized spacial score (nSPS) is 12.7. The molecule has 7 heteroatoms. The van der Waals surface area contributed by atoms with Crippen LogP contribution in [0.15, 0.2) is 54.6 Å². The molecule has 2 aromatic carbocycles.